The Bertz CT molecular complexity index is 254. The van der Waals surface area contributed by atoms with Crippen molar-refractivity contribution in [3.8, 4) is 0 Å². The first kappa shape index (κ1) is 6.58. The van der Waals surface area contributed by atoms with Gasteiger partial charge < -0.3 is 5.11 Å². The van der Waals surface area contributed by atoms with Crippen LogP contribution in [0.4, 0.5) is 0 Å². The number of carbonyl (C=O) groups is 2. The lowest BCUT2D eigenvalue weighted by atomic mass is 9.94. The summed E-state index contributed by atoms with van der Waals surface area (Å²) in [5.74, 6) is -1.61. The molecular weight excluding hydrogens is 144 g/mol. The van der Waals surface area contributed by atoms with Crippen molar-refractivity contribution < 1.29 is 14.7 Å². The predicted octanol–water partition coefficient (Wildman–Crippen LogP) is 0.462. The molecule has 2 rings (SSSR count). The third-order valence-electron chi connectivity index (χ3n) is 2.50. The van der Waals surface area contributed by atoms with Gasteiger partial charge in [0.05, 0.1) is 5.92 Å². The number of carboxylic acid groups (broad SMARTS) is 1. The van der Waals surface area contributed by atoms with E-state index in [0.717, 1.165) is 0 Å². The second-order valence-electron chi connectivity index (χ2n) is 3.10. The highest BCUT2D eigenvalue weighted by Crippen LogP contribution is 2.40. The molecule has 3 heteroatoms. The summed E-state index contributed by atoms with van der Waals surface area (Å²) in [6.07, 6.45) is 4.07. The van der Waals surface area contributed by atoms with Crippen LogP contribution in [-0.2, 0) is 9.59 Å². The maximum absolute atomic E-state index is 11.2. The summed E-state index contributed by atoms with van der Waals surface area (Å²) in [5.41, 5.74) is 0. The van der Waals surface area contributed by atoms with Gasteiger partial charge in [-0.25, -0.2) is 0 Å². The minimum Gasteiger partial charge on any atom is -0.481 e. The molecule has 0 aromatic heterocycles. The van der Waals surface area contributed by atoms with Gasteiger partial charge in [0.25, 0.3) is 0 Å². The number of carbonyl (C=O) groups excluding carboxylic acids is 1. The summed E-state index contributed by atoms with van der Waals surface area (Å²) < 4.78 is 0. The largest absolute Gasteiger partial charge is 0.481 e. The van der Waals surface area contributed by atoms with Crippen molar-refractivity contribution in [1.82, 2.24) is 0 Å². The molecule has 2 aliphatic rings. The SMILES string of the molecule is O=C1C2C=CC1C(C(=O)O)C2. The van der Waals surface area contributed by atoms with E-state index in [0.29, 0.717) is 6.42 Å². The normalized spacial score (nSPS) is 40.0. The molecule has 0 saturated heterocycles. The number of hydrogen-bond acceptors (Lipinski definition) is 2. The predicted molar refractivity (Wildman–Crippen MR) is 36.9 cm³/mol. The third kappa shape index (κ3) is 0.737. The summed E-state index contributed by atoms with van der Waals surface area (Å²) in [4.78, 5) is 21.7. The molecule has 2 aliphatic carbocycles. The topological polar surface area (TPSA) is 54.4 Å². The van der Waals surface area contributed by atoms with Crippen molar-refractivity contribution in [3.63, 3.8) is 0 Å². The fraction of sp³-hybridized carbons (Fsp3) is 0.500. The number of fused-ring (bicyclic) bond motifs is 2. The molecule has 0 spiro atoms. The first-order valence-corrected chi connectivity index (χ1v) is 3.65. The second kappa shape index (κ2) is 1.94. The minimum atomic E-state index is -0.838. The number of ketones is 1. The van der Waals surface area contributed by atoms with Crippen LogP contribution >= 0.6 is 0 Å². The molecule has 3 nitrogen and oxygen atoms in total. The molecule has 0 amide bonds. The fourth-order valence-corrected chi connectivity index (χ4v) is 1.89. The van der Waals surface area contributed by atoms with Crippen molar-refractivity contribution in [1.29, 1.82) is 0 Å². The molecule has 1 N–H and O–H groups in total. The maximum atomic E-state index is 11.2. The molecule has 1 fully saturated rings. The molecule has 3 unspecified atom stereocenters. The van der Waals surface area contributed by atoms with Crippen LogP contribution in [0.5, 0.6) is 0 Å². The van der Waals surface area contributed by atoms with Gasteiger partial charge in [-0.1, -0.05) is 12.2 Å². The minimum absolute atomic E-state index is 0.0948. The first-order chi connectivity index (χ1) is 5.20. The Morgan fingerprint density at radius 2 is 2.27 bits per heavy atom. The summed E-state index contributed by atoms with van der Waals surface area (Å²) >= 11 is 0. The molecule has 11 heavy (non-hydrogen) atoms. The number of rotatable bonds is 1. The van der Waals surface area contributed by atoms with Gasteiger partial charge in [0.2, 0.25) is 0 Å². The molecule has 58 valence electrons. The molecule has 0 aromatic rings. The average Bonchev–Trinajstić information content (AvgIpc) is 2.46. The van der Waals surface area contributed by atoms with E-state index in [1.165, 1.54) is 0 Å². The number of hydrogen-bond donors (Lipinski definition) is 1. The van der Waals surface area contributed by atoms with Gasteiger partial charge in [0.15, 0.2) is 0 Å². The average molecular weight is 152 g/mol. The maximum Gasteiger partial charge on any atom is 0.307 e. The van der Waals surface area contributed by atoms with Crippen LogP contribution in [0.1, 0.15) is 6.42 Å². The highest BCUT2D eigenvalue weighted by Gasteiger charge is 2.46. The molecule has 2 bridgehead atoms. The van der Waals surface area contributed by atoms with Crippen molar-refractivity contribution in [2.24, 2.45) is 17.8 Å². The Morgan fingerprint density at radius 1 is 1.55 bits per heavy atom. The van der Waals surface area contributed by atoms with E-state index in [1.54, 1.807) is 6.08 Å². The Morgan fingerprint density at radius 3 is 2.55 bits per heavy atom. The molecule has 0 heterocycles. The van der Waals surface area contributed by atoms with Crippen LogP contribution < -0.4 is 0 Å². The van der Waals surface area contributed by atoms with E-state index >= 15 is 0 Å². The second-order valence-corrected chi connectivity index (χ2v) is 3.10. The number of carboxylic acids is 1. The highest BCUT2D eigenvalue weighted by molar-refractivity contribution is 5.96. The fourth-order valence-electron chi connectivity index (χ4n) is 1.89. The molecule has 0 aromatic carbocycles. The summed E-state index contributed by atoms with van der Waals surface area (Å²) in [5, 5.41) is 8.67. The van der Waals surface area contributed by atoms with Gasteiger partial charge >= 0.3 is 5.97 Å². The number of aliphatic carboxylic acids is 1. The Hall–Kier alpha value is -1.12. The smallest absolute Gasteiger partial charge is 0.307 e. The number of allylic oxidation sites excluding steroid dienone is 2. The van der Waals surface area contributed by atoms with E-state index in [2.05, 4.69) is 0 Å². The quantitative estimate of drug-likeness (QED) is 0.555. The zero-order valence-electron chi connectivity index (χ0n) is 5.86. The first-order valence-electron chi connectivity index (χ1n) is 3.65. The molecule has 1 saturated carbocycles. The van der Waals surface area contributed by atoms with Gasteiger partial charge in [-0.3, -0.25) is 9.59 Å². The van der Waals surface area contributed by atoms with Crippen molar-refractivity contribution in [2.75, 3.05) is 0 Å². The van der Waals surface area contributed by atoms with Gasteiger partial charge in [-0.05, 0) is 6.42 Å². The van der Waals surface area contributed by atoms with Crippen LogP contribution in [0.2, 0.25) is 0 Å². The van der Waals surface area contributed by atoms with Gasteiger partial charge in [-0.15, -0.1) is 0 Å². The van der Waals surface area contributed by atoms with E-state index in [9.17, 15) is 9.59 Å². The Balaban J connectivity index is 2.28. The van der Waals surface area contributed by atoms with Crippen LogP contribution in [0.15, 0.2) is 12.2 Å². The van der Waals surface area contributed by atoms with E-state index in [1.807, 2.05) is 6.08 Å². The van der Waals surface area contributed by atoms with Crippen molar-refractivity contribution in [2.45, 2.75) is 6.42 Å². The third-order valence-corrected chi connectivity index (χ3v) is 2.50. The molecular formula is C8H8O3. The van der Waals surface area contributed by atoms with E-state index in [4.69, 9.17) is 5.11 Å². The lowest BCUT2D eigenvalue weighted by Gasteiger charge is -2.09. The van der Waals surface area contributed by atoms with Crippen molar-refractivity contribution in [3.05, 3.63) is 12.2 Å². The zero-order valence-corrected chi connectivity index (χ0v) is 5.86. The van der Waals surface area contributed by atoms with Gasteiger partial charge in [0.1, 0.15) is 5.78 Å². The summed E-state index contributed by atoms with van der Waals surface area (Å²) in [6.45, 7) is 0. The van der Waals surface area contributed by atoms with E-state index in [-0.39, 0.29) is 17.6 Å². The zero-order chi connectivity index (χ0) is 8.01. The van der Waals surface area contributed by atoms with Crippen molar-refractivity contribution >= 4 is 11.8 Å². The van der Waals surface area contributed by atoms with Crippen LogP contribution in [0.25, 0.3) is 0 Å². The Kier molecular flexibility index (Phi) is 1.16. The van der Waals surface area contributed by atoms with Crippen LogP contribution in [0.3, 0.4) is 0 Å². The monoisotopic (exact) mass is 152 g/mol. The molecule has 0 radical (unpaired) electrons. The lowest BCUT2D eigenvalue weighted by molar-refractivity contribution is -0.143. The molecule has 3 atom stereocenters. The van der Waals surface area contributed by atoms with Crippen LogP contribution in [-0.4, -0.2) is 16.9 Å². The van der Waals surface area contributed by atoms with Crippen LogP contribution in [0, 0.1) is 17.8 Å². The number of Topliss-reactive ketones (excluding diaryl/α,β-unsaturated/α-hetero) is 1. The molecule has 0 aliphatic heterocycles. The Labute approximate surface area is 63.7 Å². The lowest BCUT2D eigenvalue weighted by Crippen LogP contribution is -2.19. The highest BCUT2D eigenvalue weighted by atomic mass is 16.4. The standard InChI is InChI=1S/C8H8O3/c9-7-4-1-2-5(7)6(3-4)8(10)11/h1-2,4-6H,3H2,(H,10,11). The van der Waals surface area contributed by atoms with Gasteiger partial charge in [-0.2, -0.15) is 0 Å². The van der Waals surface area contributed by atoms with Gasteiger partial charge in [0, 0.05) is 11.8 Å². The van der Waals surface area contributed by atoms with E-state index < -0.39 is 11.9 Å². The summed E-state index contributed by atoms with van der Waals surface area (Å²) in [6, 6.07) is 0. The summed E-state index contributed by atoms with van der Waals surface area (Å²) in [7, 11) is 0.